The van der Waals surface area contributed by atoms with E-state index in [0.717, 1.165) is 50.8 Å². The van der Waals surface area contributed by atoms with Crippen molar-refractivity contribution in [2.24, 2.45) is 5.92 Å². The highest BCUT2D eigenvalue weighted by atomic mass is 16.5. The van der Waals surface area contributed by atoms with Gasteiger partial charge in [-0.25, -0.2) is 14.8 Å². The predicted molar refractivity (Wildman–Crippen MR) is 144 cm³/mol. The fourth-order valence-corrected chi connectivity index (χ4v) is 5.69. The fraction of sp³-hybridized carbons (Fsp3) is 0.393. The molecule has 37 heavy (non-hydrogen) atoms. The molecule has 9 nitrogen and oxygen atoms in total. The zero-order valence-electron chi connectivity index (χ0n) is 20.9. The zero-order valence-corrected chi connectivity index (χ0v) is 20.9. The number of likely N-dealkylation sites (tertiary alicyclic amines) is 1. The van der Waals surface area contributed by atoms with Gasteiger partial charge in [-0.2, -0.15) is 0 Å². The number of aromatic nitrogens is 4. The Hall–Kier alpha value is -3.69. The number of rotatable bonds is 7. The second-order valence-electron chi connectivity index (χ2n) is 10.1. The Morgan fingerprint density at radius 1 is 0.973 bits per heavy atom. The maximum absolute atomic E-state index is 13.9. The zero-order chi connectivity index (χ0) is 25.2. The summed E-state index contributed by atoms with van der Waals surface area (Å²) in [5.74, 6) is 2.54. The summed E-state index contributed by atoms with van der Waals surface area (Å²) in [4.78, 5) is 25.1. The van der Waals surface area contributed by atoms with Crippen LogP contribution in [0.1, 0.15) is 31.7 Å². The molecule has 0 radical (unpaired) electrons. The first kappa shape index (κ1) is 23.7. The van der Waals surface area contributed by atoms with Crippen molar-refractivity contribution in [2.45, 2.75) is 31.7 Å². The van der Waals surface area contributed by atoms with Gasteiger partial charge in [0.1, 0.15) is 23.3 Å². The van der Waals surface area contributed by atoms with Crippen LogP contribution in [0.25, 0.3) is 16.9 Å². The van der Waals surface area contributed by atoms with Crippen LogP contribution in [0.15, 0.2) is 65.7 Å². The lowest BCUT2D eigenvalue weighted by atomic mass is 9.94. The highest BCUT2D eigenvalue weighted by Gasteiger charge is 2.30. The van der Waals surface area contributed by atoms with Crippen molar-refractivity contribution in [3.63, 3.8) is 0 Å². The molecule has 2 saturated heterocycles. The summed E-state index contributed by atoms with van der Waals surface area (Å²) in [6.07, 6.45) is 6.10. The number of hydrogen-bond donors (Lipinski definition) is 2. The molecule has 2 fully saturated rings. The monoisotopic (exact) mass is 499 g/mol. The maximum atomic E-state index is 13.9. The van der Waals surface area contributed by atoms with Crippen molar-refractivity contribution in [3.05, 3.63) is 71.4 Å². The minimum atomic E-state index is -0.135. The Morgan fingerprint density at radius 3 is 2.51 bits per heavy atom. The van der Waals surface area contributed by atoms with Gasteiger partial charge in [0, 0.05) is 13.1 Å². The topological polar surface area (TPSA) is 103 Å². The van der Waals surface area contributed by atoms with E-state index in [4.69, 9.17) is 10.5 Å². The Labute approximate surface area is 215 Å². The van der Waals surface area contributed by atoms with E-state index in [2.05, 4.69) is 20.2 Å². The van der Waals surface area contributed by atoms with Gasteiger partial charge in [-0.1, -0.05) is 18.2 Å². The minimum Gasteiger partial charge on any atom is -0.457 e. The number of nitrogens with zero attached hydrogens (tertiary/aromatic N) is 5. The Morgan fingerprint density at radius 2 is 1.73 bits per heavy atom. The van der Waals surface area contributed by atoms with E-state index in [1.54, 1.807) is 4.57 Å². The van der Waals surface area contributed by atoms with E-state index in [0.29, 0.717) is 28.4 Å². The number of hydrogen-bond acceptors (Lipinski definition) is 7. The van der Waals surface area contributed by atoms with Crippen molar-refractivity contribution >= 4 is 17.0 Å². The third-order valence-corrected chi connectivity index (χ3v) is 7.68. The van der Waals surface area contributed by atoms with Crippen LogP contribution < -0.4 is 21.5 Å². The number of nitrogens with two attached hydrogens (primary N) is 1. The lowest BCUT2D eigenvalue weighted by molar-refractivity contribution is 0.265. The summed E-state index contributed by atoms with van der Waals surface area (Å²) < 4.78 is 9.38. The molecule has 4 heterocycles. The van der Waals surface area contributed by atoms with E-state index in [1.807, 2.05) is 59.2 Å². The molecule has 0 saturated carbocycles. The first-order chi connectivity index (χ1) is 18.2. The van der Waals surface area contributed by atoms with E-state index in [9.17, 15) is 4.79 Å². The van der Waals surface area contributed by atoms with Gasteiger partial charge in [-0.15, -0.1) is 0 Å². The molecule has 6 rings (SSSR count). The van der Waals surface area contributed by atoms with Crippen LogP contribution in [0, 0.1) is 5.92 Å². The van der Waals surface area contributed by atoms with Crippen LogP contribution in [0.3, 0.4) is 0 Å². The van der Waals surface area contributed by atoms with Gasteiger partial charge in [0.05, 0.1) is 11.7 Å². The van der Waals surface area contributed by atoms with Gasteiger partial charge in [-0.3, -0.25) is 9.13 Å². The second kappa shape index (κ2) is 10.4. The van der Waals surface area contributed by atoms with Crippen LogP contribution in [0.4, 0.5) is 5.82 Å². The van der Waals surface area contributed by atoms with Gasteiger partial charge in [-0.05, 0) is 87.6 Å². The van der Waals surface area contributed by atoms with Crippen LogP contribution in [0.2, 0.25) is 0 Å². The first-order valence-electron chi connectivity index (χ1n) is 13.2. The number of nitrogens with one attached hydrogen (secondary N) is 1. The average molecular weight is 500 g/mol. The lowest BCUT2D eigenvalue weighted by Crippen LogP contribution is -2.32. The normalized spacial score (nSPS) is 19.0. The maximum Gasteiger partial charge on any atom is 0.335 e. The summed E-state index contributed by atoms with van der Waals surface area (Å²) in [7, 11) is 0. The van der Waals surface area contributed by atoms with E-state index >= 15 is 0 Å². The summed E-state index contributed by atoms with van der Waals surface area (Å²) in [5.41, 5.74) is 8.01. The minimum absolute atomic E-state index is 0.0549. The van der Waals surface area contributed by atoms with Crippen LogP contribution >= 0.6 is 0 Å². The molecule has 0 spiro atoms. The molecule has 1 atom stereocenters. The smallest absolute Gasteiger partial charge is 0.335 e. The van der Waals surface area contributed by atoms with Gasteiger partial charge >= 0.3 is 5.69 Å². The van der Waals surface area contributed by atoms with Crippen molar-refractivity contribution in [1.29, 1.82) is 0 Å². The molecule has 0 bridgehead atoms. The second-order valence-corrected chi connectivity index (χ2v) is 10.1. The molecule has 2 aliphatic heterocycles. The number of benzene rings is 2. The number of para-hydroxylation sites is 1. The molecular formula is C28H33N7O2. The summed E-state index contributed by atoms with van der Waals surface area (Å²) >= 11 is 0. The van der Waals surface area contributed by atoms with Gasteiger partial charge < -0.3 is 20.7 Å². The predicted octanol–water partition coefficient (Wildman–Crippen LogP) is 3.59. The van der Waals surface area contributed by atoms with Gasteiger partial charge in [0.15, 0.2) is 11.5 Å². The quantitative estimate of drug-likeness (QED) is 0.401. The number of fused-ring (bicyclic) bond motifs is 1. The molecular weight excluding hydrogens is 466 g/mol. The van der Waals surface area contributed by atoms with Crippen molar-refractivity contribution in [2.75, 3.05) is 38.5 Å². The molecule has 0 amide bonds. The highest BCUT2D eigenvalue weighted by Crippen LogP contribution is 2.29. The average Bonchev–Trinajstić information content (AvgIpc) is 3.51. The highest BCUT2D eigenvalue weighted by molar-refractivity contribution is 5.84. The summed E-state index contributed by atoms with van der Waals surface area (Å²) in [5, 5.41) is 3.45. The molecule has 2 aromatic carbocycles. The van der Waals surface area contributed by atoms with Gasteiger partial charge in [0.2, 0.25) is 0 Å². The number of nitrogen functional groups attached to an aromatic ring is 1. The van der Waals surface area contributed by atoms with E-state index in [1.165, 1.54) is 25.6 Å². The van der Waals surface area contributed by atoms with Crippen LogP contribution in [-0.4, -0.2) is 56.7 Å². The molecule has 1 unspecified atom stereocenters. The molecule has 0 aliphatic carbocycles. The number of ether oxygens (including phenoxy) is 1. The fourth-order valence-electron chi connectivity index (χ4n) is 5.69. The standard InChI is InChI=1S/C28H33N7O2/c29-26-25-27(32-19-31-26)35(22-13-17-33(18-22)16-12-20-10-14-30-15-11-20)28(36)34(25)21-6-8-24(9-7-21)37-23-4-2-1-3-5-23/h1-9,19-20,22,30H,10-18H2,(H2,29,31,32). The third kappa shape index (κ3) is 4.84. The third-order valence-electron chi connectivity index (χ3n) is 7.68. The Balaban J connectivity index is 1.26. The van der Waals surface area contributed by atoms with Crippen molar-refractivity contribution in [1.82, 2.24) is 29.3 Å². The molecule has 9 heteroatoms. The van der Waals surface area contributed by atoms with Crippen LogP contribution in [-0.2, 0) is 0 Å². The lowest BCUT2D eigenvalue weighted by Gasteiger charge is -2.25. The molecule has 2 aromatic heterocycles. The summed E-state index contributed by atoms with van der Waals surface area (Å²) in [6.45, 7) is 5.17. The molecule has 192 valence electrons. The SMILES string of the molecule is Nc1ncnc2c1n(-c1ccc(Oc3ccccc3)cc1)c(=O)n2C1CCN(CCC2CCNCC2)C1. The first-order valence-corrected chi connectivity index (χ1v) is 13.2. The number of piperidine rings is 1. The molecule has 2 aliphatic rings. The van der Waals surface area contributed by atoms with Crippen molar-refractivity contribution in [3.8, 4) is 17.2 Å². The van der Waals surface area contributed by atoms with Gasteiger partial charge in [0.25, 0.3) is 0 Å². The van der Waals surface area contributed by atoms with E-state index in [-0.39, 0.29) is 11.7 Å². The van der Waals surface area contributed by atoms with Crippen LogP contribution in [0.5, 0.6) is 11.5 Å². The Kier molecular flexibility index (Phi) is 6.63. The molecule has 4 aromatic rings. The number of imidazole rings is 1. The largest absolute Gasteiger partial charge is 0.457 e. The Bertz CT molecular complexity index is 1410. The number of anilines is 1. The molecule has 3 N–H and O–H groups in total. The van der Waals surface area contributed by atoms with Crippen molar-refractivity contribution < 1.29 is 4.74 Å². The van der Waals surface area contributed by atoms with E-state index < -0.39 is 0 Å². The summed E-state index contributed by atoms with van der Waals surface area (Å²) in [6, 6.07) is 17.1.